The Kier molecular flexibility index (Phi) is 49.1. The van der Waals surface area contributed by atoms with Gasteiger partial charge in [-0.05, 0) is 83.5 Å². The number of nitrogens with one attached hydrogen (secondary N) is 1. The molecule has 0 radical (unpaired) electrons. The predicted octanol–water partition coefficient (Wildman–Crippen LogP) is 16.6. The average Bonchev–Trinajstić information content (AvgIpc) is 3.28. The normalized spacial score (nSPS) is 13.5. The van der Waals surface area contributed by atoms with Crippen LogP contribution in [0.25, 0.3) is 0 Å². The maximum absolute atomic E-state index is 13.2. The van der Waals surface area contributed by atoms with Crippen LogP contribution in [0, 0.1) is 0 Å². The highest BCUT2D eigenvalue weighted by molar-refractivity contribution is 5.77. The Morgan fingerprint density at radius 1 is 0.476 bits per heavy atom. The smallest absolute Gasteiger partial charge is 0.306 e. The molecule has 0 saturated carbocycles. The van der Waals surface area contributed by atoms with Gasteiger partial charge in [-0.2, -0.15) is 0 Å². The van der Waals surface area contributed by atoms with Gasteiger partial charge in [0.15, 0.2) is 0 Å². The summed E-state index contributed by atoms with van der Waals surface area (Å²) in [6.45, 7) is 6.38. The zero-order valence-corrected chi connectivity index (χ0v) is 42.0. The van der Waals surface area contributed by atoms with E-state index in [0.29, 0.717) is 19.3 Å². The van der Waals surface area contributed by atoms with Crippen LogP contribution in [0.5, 0.6) is 0 Å². The molecular formula is C57H105NO5. The van der Waals surface area contributed by atoms with Gasteiger partial charge in [0.05, 0.1) is 25.2 Å². The summed E-state index contributed by atoms with van der Waals surface area (Å²) >= 11 is 0. The number of aliphatic hydroxyl groups excluding tert-OH is 2. The maximum Gasteiger partial charge on any atom is 0.306 e. The van der Waals surface area contributed by atoms with Crippen LogP contribution < -0.4 is 5.32 Å². The van der Waals surface area contributed by atoms with E-state index in [1.54, 1.807) is 0 Å². The van der Waals surface area contributed by atoms with Crippen LogP contribution >= 0.6 is 0 Å². The number of allylic oxidation sites excluding steroid dienone is 8. The summed E-state index contributed by atoms with van der Waals surface area (Å²) in [4.78, 5) is 26.2. The van der Waals surface area contributed by atoms with E-state index in [4.69, 9.17) is 4.74 Å². The summed E-state index contributed by atoms with van der Waals surface area (Å²) in [7, 11) is 0. The lowest BCUT2D eigenvalue weighted by molar-refractivity contribution is -0.151. The standard InChI is InChI=1S/C57H105NO5/c1-4-7-10-13-16-19-22-25-28-29-31-34-37-40-43-46-49-55(60)54(52-59)58-56(61)51-53(48-45-42-39-36-33-30-26-23-20-17-14-11-8-5-2)63-57(62)50-47-44-41-38-35-32-27-24-21-18-15-12-9-6-3/h8,11,17,20,26,30,32,35,53-55,59-60H,4-7,9-10,12-16,18-19,21-25,27-29,31,33-34,36-52H2,1-3H3,(H,58,61)/b11-8+,20-17+,30-26+,35-32-. The summed E-state index contributed by atoms with van der Waals surface area (Å²) in [5.41, 5.74) is 0. The Balaban J connectivity index is 4.58. The number of ether oxygens (including phenoxy) is 1. The third kappa shape index (κ3) is 46.2. The first-order chi connectivity index (χ1) is 31.0. The van der Waals surface area contributed by atoms with Crippen LogP contribution in [0.15, 0.2) is 48.6 Å². The molecule has 0 aromatic rings. The molecule has 0 aromatic heterocycles. The minimum absolute atomic E-state index is 0.0576. The number of hydrogen-bond donors (Lipinski definition) is 3. The van der Waals surface area contributed by atoms with Crippen LogP contribution in [-0.4, -0.2) is 46.9 Å². The van der Waals surface area contributed by atoms with Crippen LogP contribution in [0.2, 0.25) is 0 Å². The largest absolute Gasteiger partial charge is 0.462 e. The van der Waals surface area contributed by atoms with Gasteiger partial charge < -0.3 is 20.3 Å². The fourth-order valence-electron chi connectivity index (χ4n) is 8.26. The molecule has 0 bridgehead atoms. The number of aliphatic hydroxyl groups is 2. The molecule has 0 saturated heterocycles. The lowest BCUT2D eigenvalue weighted by Gasteiger charge is -2.24. The zero-order valence-electron chi connectivity index (χ0n) is 42.0. The van der Waals surface area contributed by atoms with Crippen molar-refractivity contribution in [2.45, 2.75) is 296 Å². The van der Waals surface area contributed by atoms with Crippen LogP contribution in [0.1, 0.15) is 278 Å². The number of carbonyl (C=O) groups is 2. The molecular weight excluding hydrogens is 779 g/mol. The molecule has 1 amide bonds. The van der Waals surface area contributed by atoms with Crippen LogP contribution in [-0.2, 0) is 14.3 Å². The fourth-order valence-corrected chi connectivity index (χ4v) is 8.26. The molecule has 0 aliphatic heterocycles. The molecule has 0 spiro atoms. The Bertz CT molecular complexity index is 1080. The molecule has 0 aliphatic carbocycles. The molecule has 0 aliphatic rings. The predicted molar refractivity (Wildman–Crippen MR) is 273 cm³/mol. The summed E-state index contributed by atoms with van der Waals surface area (Å²) in [6.07, 6.45) is 61.7. The van der Waals surface area contributed by atoms with Gasteiger partial charge in [0, 0.05) is 6.42 Å². The van der Waals surface area contributed by atoms with Gasteiger partial charge in [-0.15, -0.1) is 0 Å². The van der Waals surface area contributed by atoms with E-state index >= 15 is 0 Å². The van der Waals surface area contributed by atoms with Crippen molar-refractivity contribution in [2.24, 2.45) is 0 Å². The average molecular weight is 884 g/mol. The molecule has 6 nitrogen and oxygen atoms in total. The third-order valence-corrected chi connectivity index (χ3v) is 12.4. The summed E-state index contributed by atoms with van der Waals surface area (Å²) in [5, 5.41) is 23.8. The number of amides is 1. The van der Waals surface area contributed by atoms with Crippen molar-refractivity contribution in [1.29, 1.82) is 0 Å². The number of esters is 1. The molecule has 3 unspecified atom stereocenters. The zero-order chi connectivity index (χ0) is 45.9. The van der Waals surface area contributed by atoms with E-state index in [9.17, 15) is 19.8 Å². The van der Waals surface area contributed by atoms with Gasteiger partial charge in [-0.25, -0.2) is 0 Å². The molecule has 63 heavy (non-hydrogen) atoms. The van der Waals surface area contributed by atoms with Gasteiger partial charge in [0.2, 0.25) is 5.91 Å². The van der Waals surface area contributed by atoms with Crippen molar-refractivity contribution >= 4 is 11.9 Å². The van der Waals surface area contributed by atoms with E-state index < -0.39 is 18.2 Å². The number of rotatable bonds is 49. The van der Waals surface area contributed by atoms with Crippen LogP contribution in [0.3, 0.4) is 0 Å². The van der Waals surface area contributed by atoms with E-state index in [0.717, 1.165) is 96.3 Å². The number of unbranched alkanes of at least 4 members (excludes halogenated alkanes) is 29. The Hall–Kier alpha value is -2.18. The highest BCUT2D eigenvalue weighted by Crippen LogP contribution is 2.18. The van der Waals surface area contributed by atoms with Crippen molar-refractivity contribution < 1.29 is 24.5 Å². The van der Waals surface area contributed by atoms with Gasteiger partial charge >= 0.3 is 5.97 Å². The summed E-state index contributed by atoms with van der Waals surface area (Å²) < 4.78 is 5.93. The second-order valence-corrected chi connectivity index (χ2v) is 18.6. The topological polar surface area (TPSA) is 95.9 Å². The van der Waals surface area contributed by atoms with E-state index in [-0.39, 0.29) is 24.9 Å². The van der Waals surface area contributed by atoms with Gasteiger partial charge in [0.1, 0.15) is 6.10 Å². The molecule has 3 atom stereocenters. The monoisotopic (exact) mass is 884 g/mol. The highest BCUT2D eigenvalue weighted by Gasteiger charge is 2.24. The molecule has 3 N–H and O–H groups in total. The second-order valence-electron chi connectivity index (χ2n) is 18.6. The first-order valence-electron chi connectivity index (χ1n) is 27.4. The Labute approximate surface area is 391 Å². The second kappa shape index (κ2) is 50.8. The first kappa shape index (κ1) is 60.8. The quantitative estimate of drug-likeness (QED) is 0.0321. The van der Waals surface area contributed by atoms with Crippen molar-refractivity contribution in [1.82, 2.24) is 5.32 Å². The highest BCUT2D eigenvalue weighted by atomic mass is 16.5. The van der Waals surface area contributed by atoms with E-state index in [2.05, 4.69) is 74.7 Å². The molecule has 368 valence electrons. The van der Waals surface area contributed by atoms with Crippen molar-refractivity contribution in [2.75, 3.05) is 6.61 Å². The fraction of sp³-hybridized carbons (Fsp3) is 0.825. The summed E-state index contributed by atoms with van der Waals surface area (Å²) in [6, 6.07) is -0.712. The molecule has 0 rings (SSSR count). The van der Waals surface area contributed by atoms with Gasteiger partial charge in [0.25, 0.3) is 0 Å². The lowest BCUT2D eigenvalue weighted by Crippen LogP contribution is -2.46. The first-order valence-corrected chi connectivity index (χ1v) is 27.4. The van der Waals surface area contributed by atoms with E-state index in [1.807, 2.05) is 0 Å². The molecule has 0 aromatic carbocycles. The van der Waals surface area contributed by atoms with Crippen molar-refractivity contribution in [3.8, 4) is 0 Å². The minimum Gasteiger partial charge on any atom is -0.462 e. The Morgan fingerprint density at radius 2 is 0.857 bits per heavy atom. The molecule has 0 fully saturated rings. The van der Waals surface area contributed by atoms with Crippen molar-refractivity contribution in [3.05, 3.63) is 48.6 Å². The molecule has 0 heterocycles. The van der Waals surface area contributed by atoms with Gasteiger partial charge in [-0.3, -0.25) is 9.59 Å². The van der Waals surface area contributed by atoms with E-state index in [1.165, 1.54) is 135 Å². The third-order valence-electron chi connectivity index (χ3n) is 12.4. The minimum atomic E-state index is -0.796. The van der Waals surface area contributed by atoms with Gasteiger partial charge in [-0.1, -0.05) is 230 Å². The van der Waals surface area contributed by atoms with Crippen molar-refractivity contribution in [3.63, 3.8) is 0 Å². The Morgan fingerprint density at radius 3 is 1.32 bits per heavy atom. The lowest BCUT2D eigenvalue weighted by atomic mass is 10.0. The maximum atomic E-state index is 13.2. The summed E-state index contributed by atoms with van der Waals surface area (Å²) in [5.74, 6) is -0.508. The molecule has 6 heteroatoms. The number of carbonyl (C=O) groups excluding carboxylic acids is 2. The number of hydrogen-bond acceptors (Lipinski definition) is 5. The van der Waals surface area contributed by atoms with Crippen LogP contribution in [0.4, 0.5) is 0 Å². The SMILES string of the molecule is CC/C=C/C/C=C/C/C=C/CCCCCCC(CC(=O)NC(CO)C(O)CCCCCCCCCCCCCCCCCC)OC(=O)CCCCC/C=C\CCCCCCCCC.